The van der Waals surface area contributed by atoms with Crippen molar-refractivity contribution in [2.45, 2.75) is 13.3 Å². The van der Waals surface area contributed by atoms with E-state index < -0.39 is 17.9 Å². The molecule has 0 unspecified atom stereocenters. The van der Waals surface area contributed by atoms with Gasteiger partial charge in [0.15, 0.2) is 6.29 Å². The van der Waals surface area contributed by atoms with Gasteiger partial charge in [-0.05, 0) is 6.92 Å². The van der Waals surface area contributed by atoms with Gasteiger partial charge in [0.1, 0.15) is 0 Å². The topological polar surface area (TPSA) is 30.0 Å². The number of alkyl halides is 2. The van der Waals surface area contributed by atoms with Crippen molar-refractivity contribution in [1.29, 1.82) is 0 Å². The van der Waals surface area contributed by atoms with Crippen LogP contribution in [0.25, 0.3) is 0 Å². The summed E-state index contributed by atoms with van der Waals surface area (Å²) >= 11 is 0. The Hall–Kier alpha value is -1.39. The van der Waals surface area contributed by atoms with Gasteiger partial charge in [0.25, 0.3) is 6.43 Å². The van der Waals surface area contributed by atoms with Crippen molar-refractivity contribution < 1.29 is 18.0 Å². The fraction of sp³-hybridized carbons (Fsp3) is 0.250. The standard InChI is InChI=1S/C8H6F3NO/c1-4-6(3-13)5(8(10)11)2-7(9)12-4/h2-3,8H,1H3. The SMILES string of the molecule is Cc1nc(F)cc(C(F)F)c1C=O. The molecule has 1 aromatic heterocycles. The summed E-state index contributed by atoms with van der Waals surface area (Å²) in [4.78, 5) is 13.6. The highest BCUT2D eigenvalue weighted by molar-refractivity contribution is 5.78. The second-order valence-corrected chi connectivity index (χ2v) is 2.45. The van der Waals surface area contributed by atoms with Crippen molar-refractivity contribution in [3.05, 3.63) is 28.8 Å². The number of carbonyl (C=O) groups is 1. The molecule has 13 heavy (non-hydrogen) atoms. The number of aryl methyl sites for hydroxylation is 1. The Balaban J connectivity index is 3.38. The molecule has 0 aliphatic rings. The number of halogens is 3. The lowest BCUT2D eigenvalue weighted by molar-refractivity contribution is 0.110. The molecule has 1 rings (SSSR count). The van der Waals surface area contributed by atoms with Gasteiger partial charge in [0.05, 0.1) is 5.69 Å². The second-order valence-electron chi connectivity index (χ2n) is 2.45. The molecule has 0 bridgehead atoms. The summed E-state index contributed by atoms with van der Waals surface area (Å²) in [5.74, 6) is -1.00. The molecule has 0 atom stereocenters. The van der Waals surface area contributed by atoms with Crippen LogP contribution >= 0.6 is 0 Å². The fourth-order valence-corrected chi connectivity index (χ4v) is 1.00. The van der Waals surface area contributed by atoms with Gasteiger partial charge >= 0.3 is 0 Å². The van der Waals surface area contributed by atoms with Crippen LogP contribution in [0.4, 0.5) is 13.2 Å². The number of aromatic nitrogens is 1. The Morgan fingerprint density at radius 3 is 2.62 bits per heavy atom. The van der Waals surface area contributed by atoms with Crippen LogP contribution in [0.3, 0.4) is 0 Å². The molecule has 0 aliphatic heterocycles. The number of aldehydes is 1. The molecule has 0 fully saturated rings. The van der Waals surface area contributed by atoms with Crippen LogP contribution in [0, 0.1) is 12.9 Å². The number of hydrogen-bond acceptors (Lipinski definition) is 2. The maximum atomic E-state index is 12.5. The van der Waals surface area contributed by atoms with Crippen LogP contribution in [-0.2, 0) is 0 Å². The van der Waals surface area contributed by atoms with E-state index in [4.69, 9.17) is 0 Å². The molecule has 0 radical (unpaired) electrons. The zero-order valence-corrected chi connectivity index (χ0v) is 6.72. The van der Waals surface area contributed by atoms with Crippen molar-refractivity contribution in [3.8, 4) is 0 Å². The van der Waals surface area contributed by atoms with E-state index >= 15 is 0 Å². The first kappa shape index (κ1) is 9.70. The molecule has 0 aromatic carbocycles. The number of nitrogens with zero attached hydrogens (tertiary/aromatic N) is 1. The lowest BCUT2D eigenvalue weighted by atomic mass is 10.1. The van der Waals surface area contributed by atoms with E-state index in [1.165, 1.54) is 6.92 Å². The number of carbonyl (C=O) groups excluding carboxylic acids is 1. The predicted octanol–water partition coefficient (Wildman–Crippen LogP) is 2.28. The molecule has 0 saturated heterocycles. The Kier molecular flexibility index (Phi) is 2.65. The van der Waals surface area contributed by atoms with Crippen molar-refractivity contribution in [2.24, 2.45) is 0 Å². The minimum Gasteiger partial charge on any atom is -0.298 e. The quantitative estimate of drug-likeness (QED) is 0.527. The number of pyridine rings is 1. The summed E-state index contributed by atoms with van der Waals surface area (Å²) in [6.07, 6.45) is -2.61. The van der Waals surface area contributed by atoms with E-state index in [1.54, 1.807) is 0 Å². The first-order valence-corrected chi connectivity index (χ1v) is 3.46. The van der Waals surface area contributed by atoms with Crippen LogP contribution < -0.4 is 0 Å². The smallest absolute Gasteiger partial charge is 0.264 e. The Bertz CT molecular complexity index is 338. The van der Waals surface area contributed by atoms with E-state index in [2.05, 4.69) is 4.98 Å². The summed E-state index contributed by atoms with van der Waals surface area (Å²) in [7, 11) is 0. The van der Waals surface area contributed by atoms with E-state index in [0.29, 0.717) is 6.07 Å². The van der Waals surface area contributed by atoms with Gasteiger partial charge in [-0.1, -0.05) is 0 Å². The van der Waals surface area contributed by atoms with Crippen LogP contribution in [0.1, 0.15) is 28.0 Å². The molecule has 0 aliphatic carbocycles. The summed E-state index contributed by atoms with van der Waals surface area (Å²) in [6, 6.07) is 0.571. The maximum absolute atomic E-state index is 12.5. The van der Waals surface area contributed by atoms with E-state index in [0.717, 1.165) is 0 Å². The monoisotopic (exact) mass is 189 g/mol. The Morgan fingerprint density at radius 1 is 1.54 bits per heavy atom. The molecule has 1 aromatic rings. The third-order valence-corrected chi connectivity index (χ3v) is 1.60. The molecular weight excluding hydrogens is 183 g/mol. The van der Waals surface area contributed by atoms with Gasteiger partial charge in [-0.2, -0.15) is 4.39 Å². The molecule has 5 heteroatoms. The second kappa shape index (κ2) is 3.55. The van der Waals surface area contributed by atoms with Crippen molar-refractivity contribution in [2.75, 3.05) is 0 Å². The molecule has 0 saturated carbocycles. The number of rotatable bonds is 2. The summed E-state index contributed by atoms with van der Waals surface area (Å²) in [5, 5.41) is 0. The average Bonchev–Trinajstić information content (AvgIpc) is 2.02. The zero-order valence-electron chi connectivity index (χ0n) is 6.72. The normalized spacial score (nSPS) is 10.5. The van der Waals surface area contributed by atoms with Crippen LogP contribution in [0.2, 0.25) is 0 Å². The van der Waals surface area contributed by atoms with E-state index in [-0.39, 0.29) is 17.5 Å². The van der Waals surface area contributed by atoms with Crippen LogP contribution in [0.5, 0.6) is 0 Å². The number of hydrogen-bond donors (Lipinski definition) is 0. The summed E-state index contributed by atoms with van der Waals surface area (Å²) in [6.45, 7) is 1.30. The van der Waals surface area contributed by atoms with Crippen LogP contribution in [0.15, 0.2) is 6.07 Å². The zero-order chi connectivity index (χ0) is 10.0. The Labute approximate surface area is 72.4 Å². The maximum Gasteiger partial charge on any atom is 0.264 e. The Morgan fingerprint density at radius 2 is 2.15 bits per heavy atom. The molecular formula is C8H6F3NO. The minimum absolute atomic E-state index is 0.0229. The van der Waals surface area contributed by atoms with Crippen molar-refractivity contribution >= 4 is 6.29 Å². The first-order valence-electron chi connectivity index (χ1n) is 3.46. The lowest BCUT2D eigenvalue weighted by Gasteiger charge is -2.05. The molecule has 0 N–H and O–H groups in total. The third-order valence-electron chi connectivity index (χ3n) is 1.60. The van der Waals surface area contributed by atoms with Gasteiger partial charge in [0, 0.05) is 17.2 Å². The third kappa shape index (κ3) is 1.85. The summed E-state index contributed by atoms with van der Waals surface area (Å²) < 4.78 is 37.0. The van der Waals surface area contributed by atoms with E-state index in [9.17, 15) is 18.0 Å². The molecule has 1 heterocycles. The van der Waals surface area contributed by atoms with Crippen molar-refractivity contribution in [1.82, 2.24) is 4.98 Å². The average molecular weight is 189 g/mol. The summed E-state index contributed by atoms with van der Waals surface area (Å²) in [5.41, 5.74) is -0.873. The largest absolute Gasteiger partial charge is 0.298 e. The van der Waals surface area contributed by atoms with Gasteiger partial charge < -0.3 is 0 Å². The highest BCUT2D eigenvalue weighted by Gasteiger charge is 2.16. The van der Waals surface area contributed by atoms with Crippen LogP contribution in [-0.4, -0.2) is 11.3 Å². The molecule has 2 nitrogen and oxygen atoms in total. The first-order chi connectivity index (χ1) is 6.06. The predicted molar refractivity (Wildman–Crippen MR) is 39.3 cm³/mol. The fourth-order valence-electron chi connectivity index (χ4n) is 1.00. The molecule has 0 spiro atoms. The highest BCUT2D eigenvalue weighted by atomic mass is 19.3. The van der Waals surface area contributed by atoms with Gasteiger partial charge in [0.2, 0.25) is 5.95 Å². The van der Waals surface area contributed by atoms with Crippen molar-refractivity contribution in [3.63, 3.8) is 0 Å². The van der Waals surface area contributed by atoms with Gasteiger partial charge in [-0.15, -0.1) is 0 Å². The minimum atomic E-state index is -2.86. The van der Waals surface area contributed by atoms with E-state index in [1.807, 2.05) is 0 Å². The highest BCUT2D eigenvalue weighted by Crippen LogP contribution is 2.23. The molecule has 0 amide bonds. The molecule has 70 valence electrons. The lowest BCUT2D eigenvalue weighted by Crippen LogP contribution is -2.01. The van der Waals surface area contributed by atoms with Gasteiger partial charge in [-0.3, -0.25) is 4.79 Å². The van der Waals surface area contributed by atoms with Gasteiger partial charge in [-0.25, -0.2) is 13.8 Å².